The molecule has 7 nitrogen and oxygen atoms in total. The molecule has 3 aliphatic rings. The molecule has 0 saturated carbocycles. The van der Waals surface area contributed by atoms with Crippen LogP contribution in [0.5, 0.6) is 0 Å². The molecule has 4 heterocycles. The van der Waals surface area contributed by atoms with Gasteiger partial charge in [-0.15, -0.1) is 0 Å². The van der Waals surface area contributed by atoms with Gasteiger partial charge in [0.05, 0.1) is 12.2 Å². The van der Waals surface area contributed by atoms with E-state index < -0.39 is 0 Å². The van der Waals surface area contributed by atoms with Crippen molar-refractivity contribution in [3.63, 3.8) is 0 Å². The first-order chi connectivity index (χ1) is 15.1. The first kappa shape index (κ1) is 22.6. The highest BCUT2D eigenvalue weighted by molar-refractivity contribution is 5.80. The number of hydrogen-bond acceptors (Lipinski definition) is 5. The number of nitrogens with one attached hydrogen (secondary N) is 1. The molecule has 1 aromatic heterocycles. The maximum atomic E-state index is 5.77. The van der Waals surface area contributed by atoms with Crippen molar-refractivity contribution < 1.29 is 4.42 Å². The summed E-state index contributed by atoms with van der Waals surface area (Å²) in [4.78, 5) is 17.3. The Morgan fingerprint density at radius 2 is 1.77 bits per heavy atom. The van der Waals surface area contributed by atoms with Gasteiger partial charge in [-0.05, 0) is 90.9 Å². The highest BCUT2D eigenvalue weighted by Crippen LogP contribution is 2.22. The van der Waals surface area contributed by atoms with Crippen molar-refractivity contribution >= 4 is 5.96 Å². The van der Waals surface area contributed by atoms with Crippen LogP contribution < -0.4 is 5.32 Å². The van der Waals surface area contributed by atoms with Crippen LogP contribution in [-0.2, 0) is 6.54 Å². The Hall–Kier alpha value is -1.60. The van der Waals surface area contributed by atoms with Gasteiger partial charge in [0, 0.05) is 32.7 Å². The SMILES string of the molecule is CCNC(=NCC1CCN(Cc2nc(C)c(C)o2)CC1)N1CCC(CN2CCCC2)C1. The van der Waals surface area contributed by atoms with Crippen molar-refractivity contribution in [2.75, 3.05) is 58.9 Å². The third-order valence-electron chi connectivity index (χ3n) is 7.27. The standard InChI is InChI=1S/C24H42N6O/c1-4-25-24(30-14-9-22(17-30)16-28-10-5-6-11-28)26-15-21-7-12-29(13-8-21)18-23-27-19(2)20(3)31-23/h21-22H,4-18H2,1-3H3,(H,25,26). The minimum atomic E-state index is 0.681. The molecule has 1 N–H and O–H groups in total. The van der Waals surface area contributed by atoms with Crippen LogP contribution in [0.2, 0.25) is 0 Å². The average Bonchev–Trinajstić information content (AvgIpc) is 3.50. The monoisotopic (exact) mass is 430 g/mol. The van der Waals surface area contributed by atoms with Gasteiger partial charge < -0.3 is 19.5 Å². The van der Waals surface area contributed by atoms with Crippen LogP contribution in [-0.4, -0.2) is 84.5 Å². The third kappa shape index (κ3) is 6.22. The number of piperidine rings is 1. The molecule has 1 aromatic rings. The van der Waals surface area contributed by atoms with E-state index in [9.17, 15) is 0 Å². The van der Waals surface area contributed by atoms with E-state index in [0.717, 1.165) is 75.0 Å². The lowest BCUT2D eigenvalue weighted by Gasteiger charge is -2.30. The number of aromatic nitrogens is 1. The predicted molar refractivity (Wildman–Crippen MR) is 125 cm³/mol. The molecular formula is C24H42N6O. The molecule has 174 valence electrons. The second-order valence-electron chi connectivity index (χ2n) is 9.77. The van der Waals surface area contributed by atoms with Gasteiger partial charge in [-0.25, -0.2) is 4.98 Å². The normalized spacial score (nSPS) is 24.4. The van der Waals surface area contributed by atoms with E-state index in [0.29, 0.717) is 5.92 Å². The van der Waals surface area contributed by atoms with Crippen molar-refractivity contribution in [3.8, 4) is 0 Å². The van der Waals surface area contributed by atoms with Crippen molar-refractivity contribution in [1.82, 2.24) is 25.0 Å². The Kier molecular flexibility index (Phi) is 7.88. The summed E-state index contributed by atoms with van der Waals surface area (Å²) in [7, 11) is 0. The topological polar surface area (TPSA) is 60.1 Å². The largest absolute Gasteiger partial charge is 0.444 e. The number of hydrogen-bond donors (Lipinski definition) is 1. The molecular weight excluding hydrogens is 388 g/mol. The summed E-state index contributed by atoms with van der Waals surface area (Å²) in [5.41, 5.74) is 1.01. The number of rotatable bonds is 7. The second-order valence-corrected chi connectivity index (χ2v) is 9.77. The Morgan fingerprint density at radius 3 is 2.45 bits per heavy atom. The van der Waals surface area contributed by atoms with Gasteiger partial charge in [-0.2, -0.15) is 0 Å². The maximum Gasteiger partial charge on any atom is 0.208 e. The fourth-order valence-corrected chi connectivity index (χ4v) is 5.27. The van der Waals surface area contributed by atoms with Crippen LogP contribution in [0, 0.1) is 25.7 Å². The molecule has 1 atom stereocenters. The van der Waals surface area contributed by atoms with E-state index in [1.807, 2.05) is 13.8 Å². The van der Waals surface area contributed by atoms with Gasteiger partial charge >= 0.3 is 0 Å². The number of aliphatic imine (C=N–C) groups is 1. The summed E-state index contributed by atoms with van der Waals surface area (Å²) in [5.74, 6) is 4.42. The zero-order chi connectivity index (χ0) is 21.6. The first-order valence-corrected chi connectivity index (χ1v) is 12.5. The lowest BCUT2D eigenvalue weighted by molar-refractivity contribution is 0.166. The zero-order valence-corrected chi connectivity index (χ0v) is 19.9. The number of guanidine groups is 1. The Morgan fingerprint density at radius 1 is 1.03 bits per heavy atom. The molecule has 31 heavy (non-hydrogen) atoms. The molecule has 0 spiro atoms. The highest BCUT2D eigenvalue weighted by Gasteiger charge is 2.28. The van der Waals surface area contributed by atoms with E-state index in [4.69, 9.17) is 9.41 Å². The fraction of sp³-hybridized carbons (Fsp3) is 0.833. The lowest BCUT2D eigenvalue weighted by atomic mass is 9.97. The summed E-state index contributed by atoms with van der Waals surface area (Å²) < 4.78 is 5.77. The maximum absolute atomic E-state index is 5.77. The first-order valence-electron chi connectivity index (χ1n) is 12.5. The molecule has 0 aliphatic carbocycles. The fourth-order valence-electron chi connectivity index (χ4n) is 5.27. The molecule has 3 saturated heterocycles. The van der Waals surface area contributed by atoms with Crippen LogP contribution in [0.25, 0.3) is 0 Å². The zero-order valence-electron chi connectivity index (χ0n) is 19.9. The van der Waals surface area contributed by atoms with Gasteiger partial charge in [-0.3, -0.25) is 9.89 Å². The molecule has 3 fully saturated rings. The number of aryl methyl sites for hydroxylation is 2. The van der Waals surface area contributed by atoms with Crippen molar-refractivity contribution in [2.24, 2.45) is 16.8 Å². The Balaban J connectivity index is 1.22. The number of oxazole rings is 1. The van der Waals surface area contributed by atoms with Gasteiger partial charge in [0.25, 0.3) is 0 Å². The Labute approximate surface area is 188 Å². The molecule has 7 heteroatoms. The molecule has 3 aliphatic heterocycles. The van der Waals surface area contributed by atoms with Crippen LogP contribution in [0.3, 0.4) is 0 Å². The summed E-state index contributed by atoms with van der Waals surface area (Å²) in [5, 5.41) is 3.56. The van der Waals surface area contributed by atoms with E-state index in [1.54, 1.807) is 0 Å². The quantitative estimate of drug-likeness (QED) is 0.530. The average molecular weight is 431 g/mol. The van der Waals surface area contributed by atoms with Crippen molar-refractivity contribution in [3.05, 3.63) is 17.3 Å². The number of likely N-dealkylation sites (tertiary alicyclic amines) is 3. The van der Waals surface area contributed by atoms with Crippen LogP contribution in [0.15, 0.2) is 9.41 Å². The molecule has 0 bridgehead atoms. The lowest BCUT2D eigenvalue weighted by Crippen LogP contribution is -2.41. The van der Waals surface area contributed by atoms with E-state index in [1.165, 1.54) is 51.7 Å². The van der Waals surface area contributed by atoms with Crippen molar-refractivity contribution in [1.29, 1.82) is 0 Å². The summed E-state index contributed by atoms with van der Waals surface area (Å²) in [6.45, 7) is 17.3. The van der Waals surface area contributed by atoms with Gasteiger partial charge in [0.2, 0.25) is 5.89 Å². The number of nitrogens with zero attached hydrogens (tertiary/aromatic N) is 5. The summed E-state index contributed by atoms with van der Waals surface area (Å²) in [6, 6.07) is 0. The smallest absolute Gasteiger partial charge is 0.208 e. The Bertz CT molecular complexity index is 698. The van der Waals surface area contributed by atoms with E-state index in [2.05, 4.69) is 31.9 Å². The van der Waals surface area contributed by atoms with Gasteiger partial charge in [0.15, 0.2) is 5.96 Å². The second kappa shape index (κ2) is 10.8. The van der Waals surface area contributed by atoms with E-state index in [-0.39, 0.29) is 0 Å². The van der Waals surface area contributed by atoms with Crippen LogP contribution in [0.1, 0.15) is 56.4 Å². The van der Waals surface area contributed by atoms with Crippen LogP contribution in [0.4, 0.5) is 0 Å². The molecule has 0 radical (unpaired) electrons. The minimum Gasteiger partial charge on any atom is -0.444 e. The molecule has 1 unspecified atom stereocenters. The van der Waals surface area contributed by atoms with E-state index >= 15 is 0 Å². The van der Waals surface area contributed by atoms with Gasteiger partial charge in [0.1, 0.15) is 5.76 Å². The summed E-state index contributed by atoms with van der Waals surface area (Å²) >= 11 is 0. The summed E-state index contributed by atoms with van der Waals surface area (Å²) in [6.07, 6.45) is 6.49. The minimum absolute atomic E-state index is 0.681. The predicted octanol–water partition coefficient (Wildman–Crippen LogP) is 2.89. The highest BCUT2D eigenvalue weighted by atomic mass is 16.4. The molecule has 4 rings (SSSR count). The van der Waals surface area contributed by atoms with Gasteiger partial charge in [-0.1, -0.05) is 0 Å². The third-order valence-corrected chi connectivity index (χ3v) is 7.27. The molecule has 0 aromatic carbocycles. The van der Waals surface area contributed by atoms with Crippen molar-refractivity contribution in [2.45, 2.75) is 59.4 Å². The molecule has 0 amide bonds. The van der Waals surface area contributed by atoms with Crippen LogP contribution >= 0.6 is 0 Å².